The van der Waals surface area contributed by atoms with Gasteiger partial charge in [-0.25, -0.2) is 42.5 Å². The zero-order valence-electron chi connectivity index (χ0n) is 37.6. The highest BCUT2D eigenvalue weighted by Crippen LogP contribution is 2.25. The van der Waals surface area contributed by atoms with Gasteiger partial charge >= 0.3 is 18.2 Å². The number of nitrogens with two attached hydrogens (primary N) is 1. The number of anilines is 3. The van der Waals surface area contributed by atoms with Crippen molar-refractivity contribution in [2.24, 2.45) is 0 Å². The van der Waals surface area contributed by atoms with Crippen LogP contribution in [0.4, 0.5) is 40.2 Å². The third-order valence-electron chi connectivity index (χ3n) is 8.93. The van der Waals surface area contributed by atoms with Gasteiger partial charge < -0.3 is 36.3 Å². The number of aliphatic carboxylic acids is 1. The number of nitrogens with zero attached hydrogens (tertiary/aromatic N) is 5. The van der Waals surface area contributed by atoms with Crippen molar-refractivity contribution < 1.29 is 51.7 Å². The third kappa shape index (κ3) is 18.9. The van der Waals surface area contributed by atoms with Gasteiger partial charge in [0.15, 0.2) is 0 Å². The zero-order chi connectivity index (χ0) is 47.2. The first-order valence-corrected chi connectivity index (χ1v) is 20.4. The van der Waals surface area contributed by atoms with Gasteiger partial charge in [-0.3, -0.25) is 19.4 Å². The number of aromatic nitrogens is 3. The van der Waals surface area contributed by atoms with Gasteiger partial charge in [-0.1, -0.05) is 18.2 Å². The van der Waals surface area contributed by atoms with Crippen molar-refractivity contribution in [3.8, 4) is 0 Å². The lowest BCUT2D eigenvalue weighted by Crippen LogP contribution is -2.45. The first-order chi connectivity index (χ1) is 29.3. The van der Waals surface area contributed by atoms with Gasteiger partial charge in [0.05, 0.1) is 19.1 Å². The summed E-state index contributed by atoms with van der Waals surface area (Å²) in [6.45, 7) is 15.6. The molecule has 0 bridgehead atoms. The Hall–Kier alpha value is -5.76. The second-order valence-electron chi connectivity index (χ2n) is 17.1. The summed E-state index contributed by atoms with van der Waals surface area (Å²) in [5.41, 5.74) is 6.48. The van der Waals surface area contributed by atoms with Crippen LogP contribution >= 0.6 is 12.4 Å². The molecule has 6 rings (SSSR count). The van der Waals surface area contributed by atoms with E-state index < -0.39 is 71.9 Å². The van der Waals surface area contributed by atoms with Crippen LogP contribution in [0.5, 0.6) is 0 Å². The zero-order valence-corrected chi connectivity index (χ0v) is 38.4. The number of carboxylic acid groups (broad SMARTS) is 1. The van der Waals surface area contributed by atoms with E-state index in [1.54, 1.807) is 78.8 Å². The largest absolute Gasteiger partial charge is 0.480 e. The Morgan fingerprint density at radius 1 is 0.672 bits per heavy atom. The van der Waals surface area contributed by atoms with Crippen LogP contribution in [0.25, 0.3) is 0 Å². The molecule has 0 saturated carbocycles. The Balaban J connectivity index is 0.000000307. The number of rotatable bonds is 5. The number of likely N-dealkylation sites (tertiary alicyclic amines) is 2. The molecule has 0 unspecified atom stereocenters. The van der Waals surface area contributed by atoms with Crippen molar-refractivity contribution in [2.75, 3.05) is 36.0 Å². The predicted molar refractivity (Wildman–Crippen MR) is 237 cm³/mol. The second kappa shape index (κ2) is 24.3. The minimum atomic E-state index is -1.30. The van der Waals surface area contributed by atoms with E-state index in [1.807, 2.05) is 38.1 Å². The molecule has 3 saturated heterocycles. The van der Waals surface area contributed by atoms with E-state index in [4.69, 9.17) is 20.3 Å². The Kier molecular flexibility index (Phi) is 20.7. The molecular weight excluding hydrogens is 863 g/mol. The Morgan fingerprint density at radius 2 is 1.09 bits per heavy atom. The molecule has 6 heterocycles. The van der Waals surface area contributed by atoms with E-state index in [0.717, 1.165) is 26.9 Å². The Morgan fingerprint density at radius 3 is 1.47 bits per heavy atom. The summed E-state index contributed by atoms with van der Waals surface area (Å²) in [6.07, 6.45) is -4.92. The number of nitrogen functional groups attached to an aromatic ring is 1. The van der Waals surface area contributed by atoms with Crippen LogP contribution in [0.2, 0.25) is 0 Å². The van der Waals surface area contributed by atoms with Gasteiger partial charge in [0.1, 0.15) is 59.3 Å². The first kappa shape index (κ1) is 54.4. The van der Waals surface area contributed by atoms with Crippen molar-refractivity contribution in [1.29, 1.82) is 0 Å². The normalized spacial score (nSPS) is 21.2. The number of alkyl halides is 3. The topological polar surface area (TPSA) is 231 Å². The summed E-state index contributed by atoms with van der Waals surface area (Å²) >= 11 is 0. The van der Waals surface area contributed by atoms with Crippen molar-refractivity contribution in [2.45, 2.75) is 129 Å². The van der Waals surface area contributed by atoms with Crippen molar-refractivity contribution in [1.82, 2.24) is 30.1 Å². The molecule has 3 fully saturated rings. The molecule has 6 atom stereocenters. The molecule has 0 aromatic carbocycles. The van der Waals surface area contributed by atoms with E-state index >= 15 is 0 Å². The molecule has 21 heteroatoms. The average Bonchev–Trinajstić information content (AvgIpc) is 3.89. The highest BCUT2D eigenvalue weighted by molar-refractivity contribution is 5.96. The smallest absolute Gasteiger partial charge is 0.411 e. The van der Waals surface area contributed by atoms with Gasteiger partial charge in [0.25, 0.3) is 0 Å². The summed E-state index contributed by atoms with van der Waals surface area (Å²) in [6, 6.07) is 13.7. The first-order valence-electron chi connectivity index (χ1n) is 20.4. The molecule has 0 radical (unpaired) electrons. The number of amides is 4. The van der Waals surface area contributed by atoms with Crippen LogP contribution in [0.15, 0.2) is 54.6 Å². The van der Waals surface area contributed by atoms with Gasteiger partial charge in [0, 0.05) is 42.9 Å². The fourth-order valence-corrected chi connectivity index (χ4v) is 6.20. The molecule has 3 aromatic heterocycles. The van der Waals surface area contributed by atoms with Gasteiger partial charge in [0.2, 0.25) is 11.8 Å². The number of halogens is 4. The number of pyridine rings is 3. The summed E-state index contributed by atoms with van der Waals surface area (Å²) < 4.78 is 49.9. The molecule has 354 valence electrons. The maximum absolute atomic E-state index is 13.7. The number of ether oxygens (including phenoxy) is 2. The summed E-state index contributed by atoms with van der Waals surface area (Å²) in [7, 11) is 0. The monoisotopic (exact) mass is 923 g/mol. The third-order valence-corrected chi connectivity index (χ3v) is 8.93. The van der Waals surface area contributed by atoms with Crippen LogP contribution < -0.4 is 21.7 Å². The quantitative estimate of drug-likeness (QED) is 0.184. The Labute approximate surface area is 377 Å². The highest BCUT2D eigenvalue weighted by atomic mass is 35.5. The molecule has 3 aliphatic heterocycles. The lowest BCUT2D eigenvalue weighted by molar-refractivity contribution is -0.142. The van der Waals surface area contributed by atoms with Crippen molar-refractivity contribution in [3.63, 3.8) is 0 Å². The minimum absolute atomic E-state index is 0. The van der Waals surface area contributed by atoms with E-state index in [2.05, 4.69) is 30.9 Å². The van der Waals surface area contributed by atoms with E-state index in [0.29, 0.717) is 17.5 Å². The fraction of sp³-hybridized carbons (Fsp3) is 0.535. The van der Waals surface area contributed by atoms with Gasteiger partial charge in [-0.05, 0) is 98.7 Å². The van der Waals surface area contributed by atoms with Crippen LogP contribution in [-0.2, 0) is 23.9 Å². The average molecular weight is 924 g/mol. The van der Waals surface area contributed by atoms with Gasteiger partial charge in [-0.15, -0.1) is 12.4 Å². The van der Waals surface area contributed by atoms with Crippen LogP contribution in [0, 0.1) is 20.8 Å². The summed E-state index contributed by atoms with van der Waals surface area (Å²) in [5.74, 6) is -0.418. The lowest BCUT2D eigenvalue weighted by atomic mass is 10.2. The number of carbonyl (C=O) groups is 5. The fourth-order valence-electron chi connectivity index (χ4n) is 6.20. The molecule has 64 heavy (non-hydrogen) atoms. The number of aryl methyl sites for hydroxylation is 3. The standard InChI is InChI=1S/C16H22FN3O3.C11H14FN3O.C10H16FNO4.C6H8N2.ClH/c1-10-6-5-7-13(18-10)19-14(21)12-8-11(17)9-20(12)15(22)23-16(2,3)4;1-7-3-2-4-10(14-7)15-11(16)9-5-8(12)6-13-9;1-10(2,3)16-9(15)12-5-6(11)4-7(12)8(13)14;1-5-3-2-4-6(7)8-5;/h5-7,11-12H,8-9H2,1-4H3,(H,18,19,21);2-4,8-9,13H,5-6H2,1H3,(H,14,15,16);6-7H,4-5H2,1-3H3,(H,13,14);2-4H,1H3,(H2,7,8);1H/t11-,12+;8-,9+;6-,7+;;/m111../s1. The second-order valence-corrected chi connectivity index (χ2v) is 17.1. The SMILES string of the molecule is CC(C)(C)OC(=O)N1C[C@H](F)C[C@H]1C(=O)O.Cc1cccc(N)n1.Cc1cccc(NC(=O)[C@@H]2C[C@@H](F)CN2)n1.Cc1cccc(NC(=O)[C@@H]2C[C@@H](F)CN2C(=O)OC(C)(C)C)n1.Cl. The van der Waals surface area contributed by atoms with E-state index in [-0.39, 0.29) is 57.2 Å². The minimum Gasteiger partial charge on any atom is -0.480 e. The molecule has 3 aliphatic rings. The summed E-state index contributed by atoms with van der Waals surface area (Å²) in [4.78, 5) is 73.0. The maximum Gasteiger partial charge on any atom is 0.411 e. The predicted octanol–water partition coefficient (Wildman–Crippen LogP) is 6.52. The highest BCUT2D eigenvalue weighted by Gasteiger charge is 2.43. The molecule has 6 N–H and O–H groups in total. The maximum atomic E-state index is 13.7. The van der Waals surface area contributed by atoms with Crippen LogP contribution in [0.1, 0.15) is 77.9 Å². The molecule has 4 amide bonds. The summed E-state index contributed by atoms with van der Waals surface area (Å²) in [5, 5.41) is 17.0. The van der Waals surface area contributed by atoms with Crippen molar-refractivity contribution in [3.05, 3.63) is 71.7 Å². The molecule has 17 nitrogen and oxygen atoms in total. The van der Waals surface area contributed by atoms with Gasteiger partial charge in [-0.2, -0.15) is 0 Å². The Bertz CT molecular complexity index is 2020. The van der Waals surface area contributed by atoms with E-state index in [9.17, 15) is 37.1 Å². The number of nitrogens with one attached hydrogen (secondary N) is 3. The number of hydrogen-bond donors (Lipinski definition) is 5. The number of hydrogen-bond acceptors (Lipinski definition) is 12. The van der Waals surface area contributed by atoms with Crippen LogP contribution in [0.3, 0.4) is 0 Å². The molecule has 0 aliphatic carbocycles. The molecule has 0 spiro atoms. The van der Waals surface area contributed by atoms with Crippen LogP contribution in [-0.4, -0.2) is 127 Å². The van der Waals surface area contributed by atoms with Crippen molar-refractivity contribution >= 4 is 59.8 Å². The molecule has 3 aromatic rings. The number of carboxylic acids is 1. The lowest BCUT2D eigenvalue weighted by Gasteiger charge is -2.27. The molecular formula is C43H61ClF3N9O8. The number of carbonyl (C=O) groups excluding carboxylic acids is 4. The van der Waals surface area contributed by atoms with E-state index in [1.165, 1.54) is 0 Å².